The smallest absolute Gasteiger partial charge is 0.232 e. The molecule has 1 saturated heterocycles. The standard InChI is InChI=1S/C14H27N7/c1-6-20(7-2)11-8-9-21(10-11)14-17-12(15-3)16-13(18-14)19(4)5/h11H,6-10H2,1-5H3,(H,15,16,17,18). The Hall–Kier alpha value is -1.63. The summed E-state index contributed by atoms with van der Waals surface area (Å²) < 4.78 is 0. The fraction of sp³-hybridized carbons (Fsp3) is 0.786. The first-order chi connectivity index (χ1) is 10.1. The van der Waals surface area contributed by atoms with E-state index in [2.05, 4.69) is 43.9 Å². The zero-order valence-corrected chi connectivity index (χ0v) is 13.8. The summed E-state index contributed by atoms with van der Waals surface area (Å²) in [7, 11) is 5.73. The normalized spacial score (nSPS) is 18.4. The van der Waals surface area contributed by atoms with Crippen LogP contribution in [0.1, 0.15) is 20.3 Å². The average Bonchev–Trinajstić information content (AvgIpc) is 2.97. The maximum absolute atomic E-state index is 4.58. The third kappa shape index (κ3) is 3.53. The summed E-state index contributed by atoms with van der Waals surface area (Å²) >= 11 is 0. The lowest BCUT2D eigenvalue weighted by atomic mass is 10.2. The molecule has 7 heteroatoms. The Morgan fingerprint density at radius 1 is 1.19 bits per heavy atom. The van der Waals surface area contributed by atoms with Gasteiger partial charge in [0.25, 0.3) is 0 Å². The molecule has 0 saturated carbocycles. The SMILES string of the molecule is CCN(CC)C1CCN(c2nc(NC)nc(N(C)C)n2)C1. The third-order valence-corrected chi connectivity index (χ3v) is 4.01. The first-order valence-corrected chi connectivity index (χ1v) is 7.69. The molecule has 1 atom stereocenters. The molecule has 0 spiro atoms. The number of anilines is 3. The molecule has 1 aliphatic rings. The van der Waals surface area contributed by atoms with Crippen molar-refractivity contribution in [3.63, 3.8) is 0 Å². The Bertz CT molecular complexity index is 459. The van der Waals surface area contributed by atoms with Gasteiger partial charge in [0, 0.05) is 40.3 Å². The third-order valence-electron chi connectivity index (χ3n) is 4.01. The minimum absolute atomic E-state index is 0.595. The number of likely N-dealkylation sites (N-methyl/N-ethyl adjacent to an activating group) is 1. The van der Waals surface area contributed by atoms with E-state index >= 15 is 0 Å². The first kappa shape index (κ1) is 15.8. The molecule has 21 heavy (non-hydrogen) atoms. The molecule has 0 aromatic carbocycles. The number of rotatable bonds is 6. The second-order valence-corrected chi connectivity index (χ2v) is 5.51. The number of aromatic nitrogens is 3. The molecule has 7 nitrogen and oxygen atoms in total. The number of hydrogen-bond donors (Lipinski definition) is 1. The minimum atomic E-state index is 0.595. The van der Waals surface area contributed by atoms with Crippen LogP contribution in [0.3, 0.4) is 0 Å². The fourth-order valence-corrected chi connectivity index (χ4v) is 2.77. The quantitative estimate of drug-likeness (QED) is 0.836. The van der Waals surface area contributed by atoms with Crippen LogP contribution in [-0.4, -0.2) is 73.2 Å². The topological polar surface area (TPSA) is 60.4 Å². The van der Waals surface area contributed by atoms with E-state index < -0.39 is 0 Å². The fourth-order valence-electron chi connectivity index (χ4n) is 2.77. The molecule has 1 N–H and O–H groups in total. The summed E-state index contributed by atoms with van der Waals surface area (Å²) in [5.74, 6) is 2.08. The van der Waals surface area contributed by atoms with E-state index in [0.717, 1.165) is 32.1 Å². The van der Waals surface area contributed by atoms with Crippen LogP contribution in [-0.2, 0) is 0 Å². The van der Waals surface area contributed by atoms with Crippen molar-refractivity contribution in [3.05, 3.63) is 0 Å². The van der Waals surface area contributed by atoms with E-state index in [1.54, 1.807) is 0 Å². The Labute approximate surface area is 127 Å². The number of nitrogens with zero attached hydrogens (tertiary/aromatic N) is 6. The predicted molar refractivity (Wildman–Crippen MR) is 87.2 cm³/mol. The van der Waals surface area contributed by atoms with Crippen molar-refractivity contribution < 1.29 is 0 Å². The van der Waals surface area contributed by atoms with Crippen LogP contribution in [0.5, 0.6) is 0 Å². The molecular weight excluding hydrogens is 266 g/mol. The van der Waals surface area contributed by atoms with Crippen molar-refractivity contribution >= 4 is 17.8 Å². The Kier molecular flexibility index (Phi) is 5.17. The largest absolute Gasteiger partial charge is 0.357 e. The highest BCUT2D eigenvalue weighted by Gasteiger charge is 2.28. The highest BCUT2D eigenvalue weighted by molar-refractivity contribution is 5.45. The highest BCUT2D eigenvalue weighted by Crippen LogP contribution is 2.22. The van der Waals surface area contributed by atoms with Gasteiger partial charge in [0.05, 0.1) is 0 Å². The van der Waals surface area contributed by atoms with Crippen molar-refractivity contribution in [2.24, 2.45) is 0 Å². The molecule has 118 valence electrons. The molecule has 1 aliphatic heterocycles. The van der Waals surface area contributed by atoms with Gasteiger partial charge in [0.2, 0.25) is 17.8 Å². The van der Waals surface area contributed by atoms with Crippen LogP contribution < -0.4 is 15.1 Å². The van der Waals surface area contributed by atoms with E-state index in [1.807, 2.05) is 26.0 Å². The molecule has 1 aromatic heterocycles. The lowest BCUT2D eigenvalue weighted by Gasteiger charge is -2.26. The molecule has 2 rings (SSSR count). The summed E-state index contributed by atoms with van der Waals surface area (Å²) in [6.45, 7) is 8.62. The van der Waals surface area contributed by atoms with Crippen molar-refractivity contribution in [1.29, 1.82) is 0 Å². The Balaban J connectivity index is 2.17. The second-order valence-electron chi connectivity index (χ2n) is 5.51. The Morgan fingerprint density at radius 3 is 2.48 bits per heavy atom. The van der Waals surface area contributed by atoms with Crippen molar-refractivity contribution in [3.8, 4) is 0 Å². The van der Waals surface area contributed by atoms with E-state index in [9.17, 15) is 0 Å². The summed E-state index contributed by atoms with van der Waals surface area (Å²) in [6, 6.07) is 0.595. The summed E-state index contributed by atoms with van der Waals surface area (Å²) in [4.78, 5) is 20.1. The minimum Gasteiger partial charge on any atom is -0.357 e. The molecule has 0 bridgehead atoms. The Morgan fingerprint density at radius 2 is 1.90 bits per heavy atom. The van der Waals surface area contributed by atoms with Gasteiger partial charge in [-0.3, -0.25) is 4.90 Å². The second kappa shape index (κ2) is 6.89. The van der Waals surface area contributed by atoms with Crippen molar-refractivity contribution in [1.82, 2.24) is 19.9 Å². The van der Waals surface area contributed by atoms with E-state index in [-0.39, 0.29) is 0 Å². The highest BCUT2D eigenvalue weighted by atomic mass is 15.4. The van der Waals surface area contributed by atoms with Gasteiger partial charge in [-0.2, -0.15) is 15.0 Å². The molecule has 0 aliphatic carbocycles. The van der Waals surface area contributed by atoms with Gasteiger partial charge < -0.3 is 15.1 Å². The molecule has 0 amide bonds. The van der Waals surface area contributed by atoms with Crippen LogP contribution in [0.15, 0.2) is 0 Å². The molecular formula is C14H27N7. The predicted octanol–water partition coefficient (Wildman–Crippen LogP) is 0.900. The zero-order valence-electron chi connectivity index (χ0n) is 13.8. The van der Waals surface area contributed by atoms with Gasteiger partial charge in [0.1, 0.15) is 0 Å². The molecule has 2 heterocycles. The number of nitrogens with one attached hydrogen (secondary N) is 1. The number of hydrogen-bond acceptors (Lipinski definition) is 7. The van der Waals surface area contributed by atoms with Crippen molar-refractivity contribution in [2.45, 2.75) is 26.3 Å². The zero-order chi connectivity index (χ0) is 15.4. The van der Waals surface area contributed by atoms with Crippen LogP contribution >= 0.6 is 0 Å². The van der Waals surface area contributed by atoms with E-state index in [4.69, 9.17) is 0 Å². The molecule has 1 fully saturated rings. The van der Waals surface area contributed by atoms with Crippen LogP contribution in [0.2, 0.25) is 0 Å². The summed E-state index contributed by atoms with van der Waals surface area (Å²) in [5.41, 5.74) is 0. The van der Waals surface area contributed by atoms with Gasteiger partial charge >= 0.3 is 0 Å². The molecule has 0 radical (unpaired) electrons. The van der Waals surface area contributed by atoms with Crippen molar-refractivity contribution in [2.75, 3.05) is 62.4 Å². The lowest BCUT2D eigenvalue weighted by Crippen LogP contribution is -2.37. The van der Waals surface area contributed by atoms with E-state index in [1.165, 1.54) is 6.42 Å². The van der Waals surface area contributed by atoms with Crippen LogP contribution in [0.4, 0.5) is 17.8 Å². The van der Waals surface area contributed by atoms with Gasteiger partial charge in [0.15, 0.2) is 0 Å². The van der Waals surface area contributed by atoms with Crippen LogP contribution in [0, 0.1) is 0 Å². The van der Waals surface area contributed by atoms with Gasteiger partial charge in [-0.1, -0.05) is 13.8 Å². The maximum Gasteiger partial charge on any atom is 0.232 e. The monoisotopic (exact) mass is 293 g/mol. The summed E-state index contributed by atoms with van der Waals surface area (Å²) in [6.07, 6.45) is 1.17. The van der Waals surface area contributed by atoms with Gasteiger partial charge in [-0.25, -0.2) is 0 Å². The first-order valence-electron chi connectivity index (χ1n) is 7.69. The van der Waals surface area contributed by atoms with E-state index in [0.29, 0.717) is 17.9 Å². The molecule has 1 unspecified atom stereocenters. The average molecular weight is 293 g/mol. The maximum atomic E-state index is 4.58. The van der Waals surface area contributed by atoms with Gasteiger partial charge in [-0.05, 0) is 19.5 Å². The van der Waals surface area contributed by atoms with Crippen LogP contribution in [0.25, 0.3) is 0 Å². The summed E-state index contributed by atoms with van der Waals surface area (Å²) in [5, 5.41) is 3.02. The lowest BCUT2D eigenvalue weighted by molar-refractivity contribution is 0.232. The van der Waals surface area contributed by atoms with Gasteiger partial charge in [-0.15, -0.1) is 0 Å². The molecule has 1 aromatic rings.